The van der Waals surface area contributed by atoms with Gasteiger partial charge in [-0.15, -0.1) is 0 Å². The van der Waals surface area contributed by atoms with Crippen molar-refractivity contribution < 1.29 is 32.6 Å². The van der Waals surface area contributed by atoms with Crippen LogP contribution >= 0.6 is 23.2 Å². The first kappa shape index (κ1) is 26.6. The minimum atomic E-state index is -4.59. The monoisotopic (exact) mass is 528 g/mol. The van der Waals surface area contributed by atoms with Crippen LogP contribution in [0.1, 0.15) is 37.6 Å². The molecular formula is C24H21Cl2F3N2O4. The van der Waals surface area contributed by atoms with E-state index in [1.807, 2.05) is 0 Å². The van der Waals surface area contributed by atoms with Gasteiger partial charge in [0.05, 0.1) is 34.3 Å². The Labute approximate surface area is 208 Å². The van der Waals surface area contributed by atoms with Gasteiger partial charge in [-0.25, -0.2) is 4.79 Å². The van der Waals surface area contributed by atoms with Crippen LogP contribution in [0, 0.1) is 5.41 Å². The largest absolute Gasteiger partial charge is 0.478 e. The Morgan fingerprint density at radius 1 is 1.11 bits per heavy atom. The van der Waals surface area contributed by atoms with Crippen molar-refractivity contribution in [2.75, 3.05) is 6.61 Å². The lowest BCUT2D eigenvalue weighted by molar-refractivity contribution is -0.152. The summed E-state index contributed by atoms with van der Waals surface area (Å²) >= 11 is 12.2. The van der Waals surface area contributed by atoms with Crippen molar-refractivity contribution in [3.05, 3.63) is 68.8 Å². The Bertz CT molecular complexity index is 1320. The molecule has 1 heterocycles. The molecule has 3 aromatic rings. The summed E-state index contributed by atoms with van der Waals surface area (Å²) in [6.45, 7) is 4.32. The first-order chi connectivity index (χ1) is 16.2. The van der Waals surface area contributed by atoms with Gasteiger partial charge >= 0.3 is 18.1 Å². The maximum absolute atomic E-state index is 13.4. The second-order valence-electron chi connectivity index (χ2n) is 8.81. The highest BCUT2D eigenvalue weighted by molar-refractivity contribution is 6.35. The summed E-state index contributed by atoms with van der Waals surface area (Å²) in [5.74, 6) is -1.96. The maximum Gasteiger partial charge on any atom is 0.416 e. The minimum absolute atomic E-state index is 0.00304. The van der Waals surface area contributed by atoms with Crippen molar-refractivity contribution in [2.45, 2.75) is 33.5 Å². The van der Waals surface area contributed by atoms with E-state index < -0.39 is 35.7 Å². The number of carbonyl (C=O) groups is 2. The highest BCUT2D eigenvalue weighted by Crippen LogP contribution is 2.33. The Hall–Kier alpha value is -3.04. The van der Waals surface area contributed by atoms with Gasteiger partial charge in [0.15, 0.2) is 0 Å². The molecule has 0 fully saturated rings. The number of benzene rings is 2. The van der Waals surface area contributed by atoms with Gasteiger partial charge in [-0.05, 0) is 62.7 Å². The molecule has 0 aliphatic carbocycles. The number of nitrogens with zero attached hydrogens (tertiary/aromatic N) is 2. The fraction of sp³-hybridized carbons (Fsp3) is 0.292. The van der Waals surface area contributed by atoms with Crippen molar-refractivity contribution >= 4 is 52.1 Å². The smallest absolute Gasteiger partial charge is 0.416 e. The molecule has 1 N–H and O–H groups in total. The van der Waals surface area contributed by atoms with Crippen LogP contribution in [-0.4, -0.2) is 33.4 Å². The molecular weight excluding hydrogens is 508 g/mol. The van der Waals surface area contributed by atoms with E-state index in [0.717, 1.165) is 12.1 Å². The van der Waals surface area contributed by atoms with E-state index in [2.05, 4.69) is 5.10 Å². The van der Waals surface area contributed by atoms with Crippen LogP contribution in [0.4, 0.5) is 13.2 Å². The standard InChI is InChI=1S/C24H21Cl2F3N2O4/c1-23(2,3)22(34)35-12-14(21(32)33)8-19-17-7-5-15(24(27,28)29)9-20(17)31(30-19)11-13-4-6-16(25)10-18(13)26/h4-10H,11-12H2,1-3H3,(H,32,33). The van der Waals surface area contributed by atoms with E-state index in [1.165, 1.54) is 22.9 Å². The molecule has 35 heavy (non-hydrogen) atoms. The molecule has 3 rings (SSSR count). The number of aromatic nitrogens is 2. The molecule has 0 atom stereocenters. The number of rotatable bonds is 6. The molecule has 0 unspecified atom stereocenters. The third-order valence-electron chi connectivity index (χ3n) is 5.00. The van der Waals surface area contributed by atoms with Gasteiger partial charge in [-0.2, -0.15) is 18.3 Å². The SMILES string of the molecule is CC(C)(C)C(=O)OCC(=Cc1nn(Cc2ccc(Cl)cc2Cl)c2cc(C(F)(F)F)ccc12)C(=O)O. The summed E-state index contributed by atoms with van der Waals surface area (Å²) < 4.78 is 46.5. The molecule has 11 heteroatoms. The lowest BCUT2D eigenvalue weighted by atomic mass is 9.97. The molecule has 1 aromatic heterocycles. The van der Waals surface area contributed by atoms with Crippen molar-refractivity contribution in [3.8, 4) is 0 Å². The number of carboxylic acids is 1. The average molecular weight is 529 g/mol. The Balaban J connectivity index is 2.10. The quantitative estimate of drug-likeness (QED) is 0.293. The zero-order chi connectivity index (χ0) is 26.1. The minimum Gasteiger partial charge on any atom is -0.478 e. The maximum atomic E-state index is 13.4. The predicted octanol–water partition coefficient (Wildman–Crippen LogP) is 6.47. The van der Waals surface area contributed by atoms with Gasteiger partial charge in [0.25, 0.3) is 0 Å². The lowest BCUT2D eigenvalue weighted by Crippen LogP contribution is -2.24. The van der Waals surface area contributed by atoms with Crippen LogP contribution in [-0.2, 0) is 27.0 Å². The molecule has 0 saturated carbocycles. The number of carboxylic acid groups (broad SMARTS) is 1. The summed E-state index contributed by atoms with van der Waals surface area (Å²) in [4.78, 5) is 23.8. The molecule has 186 valence electrons. The predicted molar refractivity (Wildman–Crippen MR) is 126 cm³/mol. The molecule has 0 aliphatic heterocycles. The third kappa shape index (κ3) is 6.35. The first-order valence-corrected chi connectivity index (χ1v) is 11.0. The Morgan fingerprint density at radius 3 is 2.37 bits per heavy atom. The van der Waals surface area contributed by atoms with E-state index in [0.29, 0.717) is 15.6 Å². The summed E-state index contributed by atoms with van der Waals surface area (Å²) in [5, 5.41) is 14.9. The van der Waals surface area contributed by atoms with E-state index in [4.69, 9.17) is 27.9 Å². The van der Waals surface area contributed by atoms with E-state index >= 15 is 0 Å². The summed E-state index contributed by atoms with van der Waals surface area (Å²) in [6.07, 6.45) is -3.42. The van der Waals surface area contributed by atoms with E-state index in [1.54, 1.807) is 32.9 Å². The number of esters is 1. The van der Waals surface area contributed by atoms with E-state index in [9.17, 15) is 27.9 Å². The highest BCUT2D eigenvalue weighted by Gasteiger charge is 2.31. The number of ether oxygens (including phenoxy) is 1. The normalized spacial score (nSPS) is 12.7. The molecule has 0 bridgehead atoms. The molecule has 0 spiro atoms. The summed E-state index contributed by atoms with van der Waals surface area (Å²) in [5.41, 5.74) is -1.26. The zero-order valence-corrected chi connectivity index (χ0v) is 20.4. The highest BCUT2D eigenvalue weighted by atomic mass is 35.5. The molecule has 0 saturated heterocycles. The second kappa shape index (κ2) is 9.91. The van der Waals surface area contributed by atoms with Gasteiger partial charge in [-0.3, -0.25) is 9.48 Å². The van der Waals surface area contributed by atoms with Crippen LogP contribution in [0.3, 0.4) is 0 Å². The number of hydrogen-bond acceptors (Lipinski definition) is 4. The average Bonchev–Trinajstić information content (AvgIpc) is 3.08. The number of fused-ring (bicyclic) bond motifs is 1. The number of hydrogen-bond donors (Lipinski definition) is 1. The summed E-state index contributed by atoms with van der Waals surface area (Å²) in [6, 6.07) is 7.75. The van der Waals surface area contributed by atoms with Gasteiger partial charge in [0, 0.05) is 15.4 Å². The van der Waals surface area contributed by atoms with Crippen LogP contribution < -0.4 is 0 Å². The number of halogens is 5. The van der Waals surface area contributed by atoms with Gasteiger partial charge in [0.2, 0.25) is 0 Å². The van der Waals surface area contributed by atoms with Gasteiger partial charge < -0.3 is 9.84 Å². The van der Waals surface area contributed by atoms with Crippen molar-refractivity contribution in [1.82, 2.24) is 9.78 Å². The van der Waals surface area contributed by atoms with Crippen LogP contribution in [0.5, 0.6) is 0 Å². The zero-order valence-electron chi connectivity index (χ0n) is 18.9. The van der Waals surface area contributed by atoms with Crippen LogP contribution in [0.25, 0.3) is 17.0 Å². The Morgan fingerprint density at radius 2 is 1.80 bits per heavy atom. The fourth-order valence-corrected chi connectivity index (χ4v) is 3.57. The Kier molecular flexibility index (Phi) is 7.52. The van der Waals surface area contributed by atoms with Crippen molar-refractivity contribution in [3.63, 3.8) is 0 Å². The molecule has 0 radical (unpaired) electrons. The molecule has 2 aromatic carbocycles. The van der Waals surface area contributed by atoms with E-state index in [-0.39, 0.29) is 28.7 Å². The summed E-state index contributed by atoms with van der Waals surface area (Å²) in [7, 11) is 0. The number of aliphatic carboxylic acids is 1. The second-order valence-corrected chi connectivity index (χ2v) is 9.65. The topological polar surface area (TPSA) is 81.4 Å². The lowest BCUT2D eigenvalue weighted by Gasteiger charge is -2.16. The van der Waals surface area contributed by atoms with Crippen molar-refractivity contribution in [1.29, 1.82) is 0 Å². The fourth-order valence-electron chi connectivity index (χ4n) is 3.10. The molecule has 0 amide bonds. The van der Waals surface area contributed by atoms with Gasteiger partial charge in [-0.1, -0.05) is 29.3 Å². The van der Waals surface area contributed by atoms with Crippen molar-refractivity contribution in [2.24, 2.45) is 5.41 Å². The number of alkyl halides is 3. The molecule has 6 nitrogen and oxygen atoms in total. The molecule has 0 aliphatic rings. The van der Waals surface area contributed by atoms with Crippen LogP contribution in [0.2, 0.25) is 10.0 Å². The number of carbonyl (C=O) groups excluding carboxylic acids is 1. The third-order valence-corrected chi connectivity index (χ3v) is 5.59. The first-order valence-electron chi connectivity index (χ1n) is 10.3. The van der Waals surface area contributed by atoms with Gasteiger partial charge in [0.1, 0.15) is 6.61 Å². The van der Waals surface area contributed by atoms with Crippen LogP contribution in [0.15, 0.2) is 42.0 Å².